The summed E-state index contributed by atoms with van der Waals surface area (Å²) in [5.41, 5.74) is 11.2. The van der Waals surface area contributed by atoms with Crippen molar-refractivity contribution in [2.75, 3.05) is 19.9 Å². The van der Waals surface area contributed by atoms with E-state index in [2.05, 4.69) is 15.0 Å². The van der Waals surface area contributed by atoms with Crippen molar-refractivity contribution in [3.8, 4) is 0 Å². The number of aliphatic imine (C=N–C) groups is 3. The molecule has 1 amide bonds. The molecule has 0 aliphatic carbocycles. The molecule has 3 unspecified atom stereocenters. The van der Waals surface area contributed by atoms with E-state index in [4.69, 9.17) is 20.9 Å². The normalized spacial score (nSPS) is 21.7. The molecule has 0 radical (unpaired) electrons. The second kappa shape index (κ2) is 8.14. The quantitative estimate of drug-likeness (QED) is 0.414. The predicted octanol–water partition coefficient (Wildman–Crippen LogP) is -2.19. The van der Waals surface area contributed by atoms with Crippen molar-refractivity contribution >= 4 is 30.0 Å². The average Bonchev–Trinajstić information content (AvgIpc) is 2.97. The van der Waals surface area contributed by atoms with Crippen LogP contribution < -0.4 is 11.5 Å². The lowest BCUT2D eigenvalue weighted by Gasteiger charge is -2.23. The zero-order valence-electron chi connectivity index (χ0n) is 14.0. The van der Waals surface area contributed by atoms with Crippen LogP contribution in [0, 0.1) is 5.92 Å². The number of esters is 1. The van der Waals surface area contributed by atoms with Gasteiger partial charge in [0.05, 0.1) is 12.9 Å². The molecule has 0 fully saturated rings. The van der Waals surface area contributed by atoms with E-state index in [-0.39, 0.29) is 31.8 Å². The third-order valence-electron chi connectivity index (χ3n) is 3.64. The first kappa shape index (κ1) is 19.0. The highest BCUT2D eigenvalue weighted by atomic mass is 16.6. The Morgan fingerprint density at radius 1 is 1.44 bits per heavy atom. The Hall–Kier alpha value is -2.37. The number of guanidine groups is 1. The Bertz CT molecular complexity index is 617. The summed E-state index contributed by atoms with van der Waals surface area (Å²) in [6.07, 6.45) is 0.617. The van der Waals surface area contributed by atoms with Crippen LogP contribution in [0.2, 0.25) is 0 Å². The van der Waals surface area contributed by atoms with Crippen LogP contribution in [-0.2, 0) is 19.1 Å². The molecule has 0 aromatic carbocycles. The van der Waals surface area contributed by atoms with E-state index in [9.17, 15) is 14.7 Å². The van der Waals surface area contributed by atoms with Crippen molar-refractivity contribution in [2.24, 2.45) is 32.4 Å². The summed E-state index contributed by atoms with van der Waals surface area (Å²) < 4.78 is 10.5. The Morgan fingerprint density at radius 3 is 2.80 bits per heavy atom. The second-order valence-corrected chi connectivity index (χ2v) is 5.92. The fourth-order valence-corrected chi connectivity index (χ4v) is 2.03. The molecule has 0 aromatic heterocycles. The predicted molar refractivity (Wildman–Crippen MR) is 88.8 cm³/mol. The minimum Gasteiger partial charge on any atom is -0.462 e. The first-order valence-corrected chi connectivity index (χ1v) is 7.74. The molecule has 5 N–H and O–H groups in total. The third-order valence-corrected chi connectivity index (χ3v) is 3.64. The van der Waals surface area contributed by atoms with Gasteiger partial charge in [0.2, 0.25) is 5.96 Å². The number of nitrogens with two attached hydrogens (primary N) is 2. The summed E-state index contributed by atoms with van der Waals surface area (Å²) in [5, 5.41) is 9.35. The maximum atomic E-state index is 11.7. The summed E-state index contributed by atoms with van der Waals surface area (Å²) >= 11 is 0. The molecule has 0 saturated carbocycles. The fraction of sp³-hybridized carbons (Fsp3) is 0.643. The molecule has 0 saturated heterocycles. The number of carbonyl (C=O) groups is 2. The SMILES string of the molecule is CC(C)C(N)C(=O)OCC(CO)OCN1C=NC2C(=O)N=C(N)N=C21. The van der Waals surface area contributed by atoms with E-state index in [1.807, 2.05) is 0 Å². The molecule has 3 atom stereocenters. The third kappa shape index (κ3) is 4.59. The number of amides is 1. The van der Waals surface area contributed by atoms with Gasteiger partial charge >= 0.3 is 5.97 Å². The molecule has 2 aliphatic heterocycles. The van der Waals surface area contributed by atoms with Gasteiger partial charge in [-0.25, -0.2) is 0 Å². The van der Waals surface area contributed by atoms with Crippen LogP contribution >= 0.6 is 0 Å². The van der Waals surface area contributed by atoms with Crippen molar-refractivity contribution in [3.63, 3.8) is 0 Å². The highest BCUT2D eigenvalue weighted by molar-refractivity contribution is 6.21. The second-order valence-electron chi connectivity index (χ2n) is 5.92. The summed E-state index contributed by atoms with van der Waals surface area (Å²) in [7, 11) is 0. The van der Waals surface area contributed by atoms with Gasteiger partial charge in [0.25, 0.3) is 5.91 Å². The lowest BCUT2D eigenvalue weighted by atomic mass is 10.1. The highest BCUT2D eigenvalue weighted by Gasteiger charge is 2.35. The largest absolute Gasteiger partial charge is 0.462 e. The number of carbonyl (C=O) groups excluding carboxylic acids is 2. The van der Waals surface area contributed by atoms with Crippen LogP contribution in [0.25, 0.3) is 0 Å². The van der Waals surface area contributed by atoms with Gasteiger partial charge in [-0.2, -0.15) is 9.98 Å². The first-order valence-electron chi connectivity index (χ1n) is 7.74. The number of aliphatic hydroxyl groups excluding tert-OH is 1. The lowest BCUT2D eigenvalue weighted by Crippen LogP contribution is -2.42. The Balaban J connectivity index is 1.85. The highest BCUT2D eigenvalue weighted by Crippen LogP contribution is 2.14. The molecule has 138 valence electrons. The number of rotatable bonds is 8. The number of amidine groups is 1. The van der Waals surface area contributed by atoms with Crippen LogP contribution in [0.4, 0.5) is 0 Å². The van der Waals surface area contributed by atoms with Gasteiger partial charge in [0, 0.05) is 0 Å². The van der Waals surface area contributed by atoms with Crippen LogP contribution in [0.5, 0.6) is 0 Å². The van der Waals surface area contributed by atoms with Gasteiger partial charge in [0.1, 0.15) is 25.5 Å². The van der Waals surface area contributed by atoms with E-state index in [1.165, 1.54) is 11.2 Å². The summed E-state index contributed by atoms with van der Waals surface area (Å²) in [6.45, 7) is 3.03. The van der Waals surface area contributed by atoms with E-state index < -0.39 is 30.1 Å². The van der Waals surface area contributed by atoms with Crippen LogP contribution in [0.15, 0.2) is 15.0 Å². The number of nitrogens with zero attached hydrogens (tertiary/aromatic N) is 4. The molecule has 11 heteroatoms. The topological polar surface area (TPSA) is 165 Å². The van der Waals surface area contributed by atoms with Crippen LogP contribution in [-0.4, -0.2) is 78.1 Å². The number of ether oxygens (including phenoxy) is 2. The first-order chi connectivity index (χ1) is 11.8. The van der Waals surface area contributed by atoms with E-state index >= 15 is 0 Å². The van der Waals surface area contributed by atoms with E-state index in [0.717, 1.165) is 0 Å². The molecular weight excluding hydrogens is 332 g/mol. The molecule has 0 spiro atoms. The smallest absolute Gasteiger partial charge is 0.323 e. The summed E-state index contributed by atoms with van der Waals surface area (Å²) in [5.74, 6) is -0.981. The Kier molecular flexibility index (Phi) is 6.17. The van der Waals surface area contributed by atoms with Gasteiger partial charge in [0.15, 0.2) is 11.9 Å². The van der Waals surface area contributed by atoms with Gasteiger partial charge in [-0.05, 0) is 5.92 Å². The zero-order chi connectivity index (χ0) is 18.6. The van der Waals surface area contributed by atoms with Gasteiger partial charge in [-0.1, -0.05) is 13.8 Å². The van der Waals surface area contributed by atoms with E-state index in [0.29, 0.717) is 5.84 Å². The molecule has 25 heavy (non-hydrogen) atoms. The molecule has 11 nitrogen and oxygen atoms in total. The van der Waals surface area contributed by atoms with E-state index in [1.54, 1.807) is 13.8 Å². The molecule has 2 heterocycles. The molecular formula is C14H22N6O5. The lowest BCUT2D eigenvalue weighted by molar-refractivity contribution is -0.152. The summed E-state index contributed by atoms with van der Waals surface area (Å²) in [4.78, 5) is 36.4. The molecule has 2 aliphatic rings. The monoisotopic (exact) mass is 354 g/mol. The Labute approximate surface area is 144 Å². The number of hydrogen-bond acceptors (Lipinski definition) is 10. The number of hydrogen-bond donors (Lipinski definition) is 3. The van der Waals surface area contributed by atoms with Gasteiger partial charge in [-0.3, -0.25) is 19.5 Å². The maximum Gasteiger partial charge on any atom is 0.323 e. The van der Waals surface area contributed by atoms with Crippen molar-refractivity contribution in [1.82, 2.24) is 4.90 Å². The summed E-state index contributed by atoms with van der Waals surface area (Å²) in [6, 6.07) is -1.57. The average molecular weight is 354 g/mol. The van der Waals surface area contributed by atoms with Gasteiger partial charge < -0.3 is 26.0 Å². The maximum absolute atomic E-state index is 11.7. The van der Waals surface area contributed by atoms with Crippen molar-refractivity contribution < 1.29 is 24.2 Å². The zero-order valence-corrected chi connectivity index (χ0v) is 14.0. The van der Waals surface area contributed by atoms with Crippen molar-refractivity contribution in [3.05, 3.63) is 0 Å². The van der Waals surface area contributed by atoms with Crippen LogP contribution in [0.1, 0.15) is 13.8 Å². The minimum atomic E-state index is -0.828. The minimum absolute atomic E-state index is 0.0571. The van der Waals surface area contributed by atoms with Crippen molar-refractivity contribution in [1.29, 1.82) is 0 Å². The molecule has 0 bridgehead atoms. The van der Waals surface area contributed by atoms with Gasteiger partial charge in [-0.15, -0.1) is 0 Å². The standard InChI is InChI=1S/C14H22N6O5/c1-7(2)9(15)13(23)24-4-8(3-21)25-6-20-5-17-10-11(20)18-14(16)19-12(10)22/h5,7-10,21H,3-4,6,15H2,1-2H3,(H2,16,19,22). The van der Waals surface area contributed by atoms with Crippen molar-refractivity contribution in [2.45, 2.75) is 32.0 Å². The van der Waals surface area contributed by atoms with Crippen LogP contribution in [0.3, 0.4) is 0 Å². The molecule has 0 aromatic rings. The number of fused-ring (bicyclic) bond motifs is 1. The Morgan fingerprint density at radius 2 is 2.16 bits per heavy atom. The number of aliphatic hydroxyl groups is 1. The molecule has 2 rings (SSSR count). The fourth-order valence-electron chi connectivity index (χ4n) is 2.03.